The maximum absolute atomic E-state index is 12.3. The van der Waals surface area contributed by atoms with Crippen LogP contribution in [0.3, 0.4) is 0 Å². The van der Waals surface area contributed by atoms with E-state index in [0.29, 0.717) is 18.2 Å². The summed E-state index contributed by atoms with van der Waals surface area (Å²) in [5, 5.41) is 7.18. The third-order valence-electron chi connectivity index (χ3n) is 3.35. The second kappa shape index (κ2) is 6.98. The minimum Gasteiger partial charge on any atom is -0.399 e. The van der Waals surface area contributed by atoms with Gasteiger partial charge >= 0.3 is 6.55 Å². The lowest BCUT2D eigenvalue weighted by Crippen LogP contribution is -2.17. The number of nitrogens with two attached hydrogens (primary N) is 1. The Hall–Kier alpha value is -1.98. The number of anilines is 1. The summed E-state index contributed by atoms with van der Waals surface area (Å²) in [6.07, 6.45) is 5.22. The van der Waals surface area contributed by atoms with Gasteiger partial charge in [0.2, 0.25) is 0 Å². The molecule has 0 unspecified atom stereocenters. The van der Waals surface area contributed by atoms with Crippen LogP contribution in [0, 0.1) is 5.92 Å². The van der Waals surface area contributed by atoms with Gasteiger partial charge in [-0.25, -0.2) is 0 Å². The first-order valence-corrected chi connectivity index (χ1v) is 6.64. The van der Waals surface area contributed by atoms with E-state index < -0.39 is 6.55 Å². The number of hydrogen-bond donors (Lipinski definition) is 1. The molecular weight excluding hydrogens is 262 g/mol. The van der Waals surface area contributed by atoms with E-state index in [1.54, 1.807) is 0 Å². The predicted molar refractivity (Wildman–Crippen MR) is 73.2 cm³/mol. The van der Waals surface area contributed by atoms with Crippen LogP contribution in [0.2, 0.25) is 0 Å². The fourth-order valence-electron chi connectivity index (χ4n) is 1.98. The second-order valence-electron chi connectivity index (χ2n) is 4.84. The zero-order chi connectivity index (χ0) is 14.4. The summed E-state index contributed by atoms with van der Waals surface area (Å²) >= 11 is 0. The van der Waals surface area contributed by atoms with Crippen LogP contribution in [-0.2, 0) is 6.42 Å². The van der Waals surface area contributed by atoms with E-state index in [2.05, 4.69) is 10.2 Å². The Kier molecular flexibility index (Phi) is 5.03. The Morgan fingerprint density at radius 2 is 1.95 bits per heavy atom. The molecule has 1 aliphatic carbocycles. The molecule has 1 aliphatic rings. The van der Waals surface area contributed by atoms with Gasteiger partial charge in [-0.2, -0.15) is 8.78 Å². The van der Waals surface area contributed by atoms with Crippen molar-refractivity contribution in [3.63, 3.8) is 0 Å². The number of para-hydroxylation sites is 1. The number of aromatic nitrogens is 3. The quantitative estimate of drug-likeness (QED) is 0.878. The normalized spacial score (nSPS) is 14.6. The van der Waals surface area contributed by atoms with Crippen LogP contribution in [-0.4, -0.2) is 14.8 Å². The van der Waals surface area contributed by atoms with E-state index in [1.165, 1.54) is 6.42 Å². The molecule has 1 fully saturated rings. The Balaban J connectivity index is 0.000000178. The first kappa shape index (κ1) is 14.4. The number of hydrogen-bond acceptors (Lipinski definition) is 3. The van der Waals surface area contributed by atoms with Crippen LogP contribution >= 0.6 is 0 Å². The van der Waals surface area contributed by atoms with Gasteiger partial charge in [0.05, 0.1) is 0 Å². The summed E-state index contributed by atoms with van der Waals surface area (Å²) in [6.45, 7) is -2.51. The summed E-state index contributed by atoms with van der Waals surface area (Å²) in [4.78, 5) is 0. The third-order valence-corrected chi connectivity index (χ3v) is 3.35. The van der Waals surface area contributed by atoms with E-state index in [-0.39, 0.29) is 0 Å². The maximum Gasteiger partial charge on any atom is 0.321 e. The van der Waals surface area contributed by atoms with Crippen molar-refractivity contribution in [3.05, 3.63) is 42.5 Å². The minimum absolute atomic E-state index is 0.416. The van der Waals surface area contributed by atoms with E-state index in [9.17, 15) is 8.78 Å². The van der Waals surface area contributed by atoms with Gasteiger partial charge in [0.25, 0.3) is 0 Å². The molecule has 0 saturated heterocycles. The van der Waals surface area contributed by atoms with Crippen molar-refractivity contribution < 1.29 is 8.78 Å². The van der Waals surface area contributed by atoms with Crippen LogP contribution in [0.4, 0.5) is 14.5 Å². The summed E-state index contributed by atoms with van der Waals surface area (Å²) in [7, 11) is 0. The van der Waals surface area contributed by atoms with Gasteiger partial charge in [0.15, 0.2) is 0 Å². The lowest BCUT2D eigenvalue weighted by atomic mass is 9.83. The third kappa shape index (κ3) is 4.01. The lowest BCUT2D eigenvalue weighted by Gasteiger charge is -2.24. The van der Waals surface area contributed by atoms with Crippen molar-refractivity contribution in [2.75, 3.05) is 5.73 Å². The Morgan fingerprint density at radius 3 is 2.40 bits per heavy atom. The second-order valence-corrected chi connectivity index (χ2v) is 4.84. The largest absolute Gasteiger partial charge is 0.399 e. The highest BCUT2D eigenvalue weighted by atomic mass is 19.3. The van der Waals surface area contributed by atoms with E-state index in [0.717, 1.165) is 29.4 Å². The molecule has 2 aromatic rings. The highest BCUT2D eigenvalue weighted by Crippen LogP contribution is 2.29. The molecule has 0 radical (unpaired) electrons. The predicted octanol–water partition coefficient (Wildman–Crippen LogP) is 3.28. The molecule has 2 N–H and O–H groups in total. The Morgan fingerprint density at radius 1 is 1.25 bits per heavy atom. The van der Waals surface area contributed by atoms with Crippen LogP contribution in [0.1, 0.15) is 31.6 Å². The average Bonchev–Trinajstić information content (AvgIpc) is 2.84. The molecule has 1 heterocycles. The first-order valence-electron chi connectivity index (χ1n) is 6.64. The number of nitrogen functional groups attached to an aromatic ring is 1. The molecule has 1 aromatic heterocycles. The Labute approximate surface area is 116 Å². The fraction of sp³-hybridized carbons (Fsp3) is 0.429. The topological polar surface area (TPSA) is 56.7 Å². The molecule has 1 saturated carbocycles. The van der Waals surface area contributed by atoms with E-state index in [4.69, 9.17) is 5.73 Å². The van der Waals surface area contributed by atoms with Crippen LogP contribution < -0.4 is 5.73 Å². The number of alkyl halides is 2. The minimum atomic E-state index is -2.51. The number of benzene rings is 1. The van der Waals surface area contributed by atoms with Gasteiger partial charge in [0, 0.05) is 12.1 Å². The zero-order valence-corrected chi connectivity index (χ0v) is 11.1. The molecule has 3 rings (SSSR count). The van der Waals surface area contributed by atoms with Crippen molar-refractivity contribution in [3.8, 4) is 0 Å². The summed E-state index contributed by atoms with van der Waals surface area (Å²) < 4.78 is 25.5. The molecular formula is C14H18F2N4. The summed E-state index contributed by atoms with van der Waals surface area (Å²) in [5.74, 6) is 0.960. The molecule has 4 nitrogen and oxygen atoms in total. The van der Waals surface area contributed by atoms with Gasteiger partial charge in [-0.3, -0.25) is 4.57 Å². The SMILES string of the molecule is FC(F)n1cnnc1CC1CCC1.Nc1ccccc1. The zero-order valence-electron chi connectivity index (χ0n) is 11.1. The first-order chi connectivity index (χ1) is 9.66. The highest BCUT2D eigenvalue weighted by Gasteiger charge is 2.22. The molecule has 6 heteroatoms. The number of nitrogens with zero attached hydrogens (tertiary/aromatic N) is 3. The molecule has 20 heavy (non-hydrogen) atoms. The lowest BCUT2D eigenvalue weighted by molar-refractivity contribution is 0.0653. The van der Waals surface area contributed by atoms with Crippen LogP contribution in [0.5, 0.6) is 0 Å². The van der Waals surface area contributed by atoms with Gasteiger partial charge < -0.3 is 5.73 Å². The molecule has 0 bridgehead atoms. The van der Waals surface area contributed by atoms with Gasteiger partial charge in [0.1, 0.15) is 12.2 Å². The molecule has 1 aromatic carbocycles. The van der Waals surface area contributed by atoms with Crippen molar-refractivity contribution in [1.29, 1.82) is 0 Å². The maximum atomic E-state index is 12.3. The van der Waals surface area contributed by atoms with Gasteiger partial charge in [-0.15, -0.1) is 10.2 Å². The van der Waals surface area contributed by atoms with Crippen LogP contribution in [0.25, 0.3) is 0 Å². The summed E-state index contributed by atoms with van der Waals surface area (Å²) in [6, 6.07) is 9.49. The fourth-order valence-corrected chi connectivity index (χ4v) is 1.98. The Bertz CT molecular complexity index is 509. The molecule has 0 spiro atoms. The van der Waals surface area contributed by atoms with Crippen molar-refractivity contribution in [1.82, 2.24) is 14.8 Å². The highest BCUT2D eigenvalue weighted by molar-refractivity contribution is 5.35. The monoisotopic (exact) mass is 280 g/mol. The molecule has 0 aliphatic heterocycles. The van der Waals surface area contributed by atoms with E-state index >= 15 is 0 Å². The van der Waals surface area contributed by atoms with Gasteiger partial charge in [-0.05, 0) is 18.1 Å². The van der Waals surface area contributed by atoms with Crippen molar-refractivity contribution in [2.24, 2.45) is 5.92 Å². The molecule has 0 atom stereocenters. The summed E-state index contributed by atoms with van der Waals surface area (Å²) in [5.41, 5.74) is 6.18. The standard InChI is InChI=1S/C8H11F2N3.C6H7N/c9-8(10)13-5-11-12-7(13)4-6-2-1-3-6;7-6-4-2-1-3-5-6/h5-6,8H,1-4H2;1-5H,7H2. The van der Waals surface area contributed by atoms with Crippen molar-refractivity contribution in [2.45, 2.75) is 32.2 Å². The smallest absolute Gasteiger partial charge is 0.321 e. The average molecular weight is 280 g/mol. The molecule has 0 amide bonds. The number of rotatable bonds is 3. The van der Waals surface area contributed by atoms with Gasteiger partial charge in [-0.1, -0.05) is 37.5 Å². The number of halogens is 2. The van der Waals surface area contributed by atoms with Crippen LogP contribution in [0.15, 0.2) is 36.7 Å². The van der Waals surface area contributed by atoms with Crippen molar-refractivity contribution >= 4 is 5.69 Å². The van der Waals surface area contributed by atoms with E-state index in [1.807, 2.05) is 30.3 Å². The molecule has 108 valence electrons.